The minimum absolute atomic E-state index is 0.239. The highest BCUT2D eigenvalue weighted by molar-refractivity contribution is 5.69. The van der Waals surface area contributed by atoms with Crippen LogP contribution in [0.1, 0.15) is 0 Å². The maximum absolute atomic E-state index is 11.0. The smallest absolute Gasteiger partial charge is 0.322 e. The summed E-state index contributed by atoms with van der Waals surface area (Å²) < 4.78 is 11.0. The predicted octanol–water partition coefficient (Wildman–Crippen LogP) is 0.101. The SMILES string of the molecule is O=C(O)CNC=CF. The first kappa shape index (κ1) is 6.94. The van der Waals surface area contributed by atoms with E-state index in [1.165, 1.54) is 0 Å². The molecule has 0 atom stereocenters. The molecule has 0 radical (unpaired) electrons. The van der Waals surface area contributed by atoms with Crippen molar-refractivity contribution >= 4 is 5.97 Å². The summed E-state index contributed by atoms with van der Waals surface area (Å²) in [7, 11) is 0. The number of hydrogen-bond acceptors (Lipinski definition) is 2. The van der Waals surface area contributed by atoms with Crippen molar-refractivity contribution in [3.05, 3.63) is 12.5 Å². The Labute approximate surface area is 45.8 Å². The number of hydrogen-bond donors (Lipinski definition) is 2. The van der Waals surface area contributed by atoms with Crippen LogP contribution in [0.5, 0.6) is 0 Å². The maximum atomic E-state index is 11.0. The van der Waals surface area contributed by atoms with Crippen molar-refractivity contribution in [2.24, 2.45) is 0 Å². The van der Waals surface area contributed by atoms with Gasteiger partial charge in [0, 0.05) is 6.20 Å². The molecule has 8 heavy (non-hydrogen) atoms. The summed E-state index contributed by atoms with van der Waals surface area (Å²) in [4.78, 5) is 9.66. The second-order valence-electron chi connectivity index (χ2n) is 1.07. The lowest BCUT2D eigenvalue weighted by Gasteiger charge is -1.88. The van der Waals surface area contributed by atoms with Crippen LogP contribution in [0.3, 0.4) is 0 Å². The van der Waals surface area contributed by atoms with Gasteiger partial charge in [-0.25, -0.2) is 4.39 Å². The molecule has 0 aliphatic heterocycles. The van der Waals surface area contributed by atoms with Crippen molar-refractivity contribution in [1.29, 1.82) is 0 Å². The summed E-state index contributed by atoms with van der Waals surface area (Å²) in [6.07, 6.45) is 1.16. The summed E-state index contributed by atoms with van der Waals surface area (Å²) in [5.74, 6) is -1.01. The second kappa shape index (κ2) is 4.11. The summed E-state index contributed by atoms with van der Waals surface area (Å²) in [6.45, 7) is -0.250. The Morgan fingerprint density at radius 1 is 1.88 bits per heavy atom. The molecule has 4 heteroatoms. The first-order chi connectivity index (χ1) is 3.77. The fourth-order valence-corrected chi connectivity index (χ4v) is 0.191. The van der Waals surface area contributed by atoms with Crippen molar-refractivity contribution in [2.45, 2.75) is 0 Å². The Kier molecular flexibility index (Phi) is 3.56. The number of carboxylic acids is 1. The zero-order valence-electron chi connectivity index (χ0n) is 4.10. The maximum Gasteiger partial charge on any atom is 0.322 e. The summed E-state index contributed by atoms with van der Waals surface area (Å²) in [5, 5.41) is 10.1. The predicted molar refractivity (Wildman–Crippen MR) is 25.9 cm³/mol. The van der Waals surface area contributed by atoms with Gasteiger partial charge >= 0.3 is 5.97 Å². The molecule has 0 aliphatic carbocycles. The molecule has 0 saturated heterocycles. The van der Waals surface area contributed by atoms with Gasteiger partial charge in [0.1, 0.15) is 12.9 Å². The van der Waals surface area contributed by atoms with Crippen LogP contribution in [0.25, 0.3) is 0 Å². The third kappa shape index (κ3) is 4.94. The van der Waals surface area contributed by atoms with E-state index in [0.29, 0.717) is 0 Å². The van der Waals surface area contributed by atoms with E-state index < -0.39 is 5.97 Å². The first-order valence-electron chi connectivity index (χ1n) is 1.98. The summed E-state index contributed by atoms with van der Waals surface area (Å²) in [5.41, 5.74) is 0. The number of aliphatic carboxylic acids is 1. The number of carbonyl (C=O) groups is 1. The van der Waals surface area contributed by atoms with Gasteiger partial charge in [-0.2, -0.15) is 0 Å². The van der Waals surface area contributed by atoms with Crippen molar-refractivity contribution in [1.82, 2.24) is 5.32 Å². The van der Waals surface area contributed by atoms with Crippen LogP contribution < -0.4 is 5.32 Å². The average molecular weight is 119 g/mol. The van der Waals surface area contributed by atoms with Crippen molar-refractivity contribution < 1.29 is 14.3 Å². The molecule has 0 aromatic carbocycles. The van der Waals surface area contributed by atoms with E-state index >= 15 is 0 Å². The van der Waals surface area contributed by atoms with E-state index in [-0.39, 0.29) is 12.9 Å². The molecular weight excluding hydrogens is 113 g/mol. The molecular formula is C4H6FNO2. The van der Waals surface area contributed by atoms with Crippen molar-refractivity contribution in [2.75, 3.05) is 6.54 Å². The Morgan fingerprint density at radius 3 is 2.88 bits per heavy atom. The highest BCUT2D eigenvalue weighted by Gasteiger charge is 1.88. The Morgan fingerprint density at radius 2 is 2.50 bits per heavy atom. The standard InChI is InChI=1S/C4H6FNO2/c5-1-2-6-3-4(7)8/h1-2,6H,3H2,(H,7,8). The van der Waals surface area contributed by atoms with Crippen LogP contribution in [0.2, 0.25) is 0 Å². The van der Waals surface area contributed by atoms with E-state index in [4.69, 9.17) is 5.11 Å². The molecule has 0 spiro atoms. The molecule has 0 aliphatic rings. The van der Waals surface area contributed by atoms with Crippen LogP contribution in [-0.2, 0) is 4.79 Å². The number of carboxylic acid groups (broad SMARTS) is 1. The molecule has 0 amide bonds. The Hall–Kier alpha value is -1.06. The van der Waals surface area contributed by atoms with Gasteiger partial charge in [0.25, 0.3) is 0 Å². The van der Waals surface area contributed by atoms with E-state index in [2.05, 4.69) is 5.32 Å². The van der Waals surface area contributed by atoms with E-state index in [0.717, 1.165) is 6.20 Å². The third-order valence-electron chi connectivity index (χ3n) is 0.434. The molecule has 0 aromatic rings. The van der Waals surface area contributed by atoms with Gasteiger partial charge in [0.2, 0.25) is 0 Å². The molecule has 0 bridgehead atoms. The monoisotopic (exact) mass is 119 g/mol. The third-order valence-corrected chi connectivity index (χ3v) is 0.434. The zero-order chi connectivity index (χ0) is 6.41. The number of nitrogens with one attached hydrogen (secondary N) is 1. The normalized spacial score (nSPS) is 9.62. The van der Waals surface area contributed by atoms with Gasteiger partial charge in [-0.1, -0.05) is 0 Å². The lowest BCUT2D eigenvalue weighted by molar-refractivity contribution is -0.135. The first-order valence-corrected chi connectivity index (χ1v) is 1.98. The van der Waals surface area contributed by atoms with E-state index in [1.54, 1.807) is 0 Å². The molecule has 0 unspecified atom stereocenters. The fourth-order valence-electron chi connectivity index (χ4n) is 0.191. The molecule has 3 nitrogen and oxygen atoms in total. The minimum atomic E-state index is -1.01. The van der Waals surface area contributed by atoms with Gasteiger partial charge in [-0.05, 0) is 0 Å². The van der Waals surface area contributed by atoms with Gasteiger partial charge in [-0.15, -0.1) is 0 Å². The molecule has 46 valence electrons. The highest BCUT2D eigenvalue weighted by Crippen LogP contribution is 1.65. The quantitative estimate of drug-likeness (QED) is 0.554. The molecule has 0 rings (SSSR count). The lowest BCUT2D eigenvalue weighted by atomic mass is 10.7. The van der Waals surface area contributed by atoms with Crippen LogP contribution in [0.15, 0.2) is 12.5 Å². The Bertz CT molecular complexity index is 102. The molecule has 0 heterocycles. The highest BCUT2D eigenvalue weighted by atomic mass is 19.1. The molecule has 0 fully saturated rings. The molecule has 0 aromatic heterocycles. The summed E-state index contributed by atoms with van der Waals surface area (Å²) in [6, 6.07) is 0. The van der Waals surface area contributed by atoms with Gasteiger partial charge in [0.15, 0.2) is 0 Å². The van der Waals surface area contributed by atoms with Crippen LogP contribution in [-0.4, -0.2) is 17.6 Å². The second-order valence-corrected chi connectivity index (χ2v) is 1.07. The van der Waals surface area contributed by atoms with E-state index in [9.17, 15) is 9.18 Å². The van der Waals surface area contributed by atoms with Gasteiger partial charge in [0.05, 0.1) is 0 Å². The van der Waals surface area contributed by atoms with Gasteiger partial charge in [-0.3, -0.25) is 4.79 Å². The van der Waals surface area contributed by atoms with Gasteiger partial charge < -0.3 is 10.4 Å². The van der Waals surface area contributed by atoms with Crippen molar-refractivity contribution in [3.8, 4) is 0 Å². The zero-order valence-corrected chi connectivity index (χ0v) is 4.10. The number of halogens is 1. The lowest BCUT2D eigenvalue weighted by Crippen LogP contribution is -2.16. The van der Waals surface area contributed by atoms with Crippen LogP contribution >= 0.6 is 0 Å². The van der Waals surface area contributed by atoms with Crippen LogP contribution in [0.4, 0.5) is 4.39 Å². The molecule has 0 saturated carbocycles. The topological polar surface area (TPSA) is 49.3 Å². The van der Waals surface area contributed by atoms with Crippen molar-refractivity contribution in [3.63, 3.8) is 0 Å². The fraction of sp³-hybridized carbons (Fsp3) is 0.250. The average Bonchev–Trinajstić information content (AvgIpc) is 1.66. The Balaban J connectivity index is 3.05. The largest absolute Gasteiger partial charge is 0.480 e. The minimum Gasteiger partial charge on any atom is -0.480 e. The van der Waals surface area contributed by atoms with E-state index in [1.807, 2.05) is 0 Å². The molecule has 2 N–H and O–H groups in total. The summed E-state index contributed by atoms with van der Waals surface area (Å²) >= 11 is 0. The van der Waals surface area contributed by atoms with Crippen LogP contribution in [0, 0.1) is 0 Å². The number of rotatable bonds is 3.